The van der Waals surface area contributed by atoms with E-state index in [0.717, 1.165) is 31.5 Å². The Labute approximate surface area is 139 Å². The zero-order valence-corrected chi connectivity index (χ0v) is 13.7. The van der Waals surface area contributed by atoms with E-state index in [1.54, 1.807) is 6.07 Å². The lowest BCUT2D eigenvalue weighted by atomic mass is 9.77. The summed E-state index contributed by atoms with van der Waals surface area (Å²) in [7, 11) is 0. The maximum atomic E-state index is 11.6. The highest BCUT2D eigenvalue weighted by Gasteiger charge is 2.36. The van der Waals surface area contributed by atoms with E-state index in [2.05, 4.69) is 12.2 Å². The first-order valence-corrected chi connectivity index (χ1v) is 8.23. The molecule has 0 amide bonds. The minimum atomic E-state index is -0.949. The number of nitrogens with one attached hydrogen (secondary N) is 1. The molecule has 4 N–H and O–H groups in total. The summed E-state index contributed by atoms with van der Waals surface area (Å²) in [5.41, 5.74) is 7.72. The Kier molecular flexibility index (Phi) is 4.66. The molecule has 23 heavy (non-hydrogen) atoms. The third-order valence-corrected chi connectivity index (χ3v) is 5.26. The van der Waals surface area contributed by atoms with Gasteiger partial charge in [0.25, 0.3) is 0 Å². The lowest BCUT2D eigenvalue weighted by Crippen LogP contribution is -2.32. The Morgan fingerprint density at radius 2 is 2.17 bits per heavy atom. The lowest BCUT2D eigenvalue weighted by molar-refractivity contribution is -0.223. The molecule has 0 aliphatic carbocycles. The van der Waals surface area contributed by atoms with Gasteiger partial charge in [0.2, 0.25) is 0 Å². The van der Waals surface area contributed by atoms with Crippen LogP contribution in [-0.2, 0) is 9.68 Å². The second kappa shape index (κ2) is 6.55. The van der Waals surface area contributed by atoms with E-state index in [1.165, 1.54) is 0 Å². The van der Waals surface area contributed by atoms with E-state index >= 15 is 0 Å². The predicted octanol–water partition coefficient (Wildman–Crippen LogP) is 2.52. The zero-order chi connectivity index (χ0) is 16.6. The van der Waals surface area contributed by atoms with Gasteiger partial charge in [-0.2, -0.15) is 4.89 Å². The highest BCUT2D eigenvalue weighted by Crippen LogP contribution is 2.47. The molecule has 126 valence electrons. The molecule has 7 heteroatoms. The quantitative estimate of drug-likeness (QED) is 0.578. The van der Waals surface area contributed by atoms with E-state index in [1.807, 2.05) is 0 Å². The molecule has 2 aliphatic heterocycles. The van der Waals surface area contributed by atoms with Crippen molar-refractivity contribution in [2.75, 3.05) is 25.4 Å². The number of hydrogen-bond donors (Lipinski definition) is 3. The number of carboxylic acids is 1. The Bertz CT molecular complexity index is 617. The molecular weight excluding hydrogens is 320 g/mol. The maximum absolute atomic E-state index is 11.6. The Hall–Kier alpha value is -1.50. The fourth-order valence-corrected chi connectivity index (χ4v) is 3.74. The van der Waals surface area contributed by atoms with Gasteiger partial charge >= 0.3 is 5.97 Å². The number of fused-ring (bicyclic) bond motifs is 1. The molecule has 1 aromatic rings. The van der Waals surface area contributed by atoms with Gasteiger partial charge in [-0.15, -0.1) is 0 Å². The van der Waals surface area contributed by atoms with Crippen LogP contribution in [0.2, 0.25) is 5.02 Å². The fourth-order valence-electron chi connectivity index (χ4n) is 3.54. The van der Waals surface area contributed by atoms with Crippen LogP contribution in [0, 0.1) is 5.92 Å². The van der Waals surface area contributed by atoms with E-state index < -0.39 is 11.9 Å². The Morgan fingerprint density at radius 1 is 1.48 bits per heavy atom. The highest BCUT2D eigenvalue weighted by atomic mass is 35.5. The van der Waals surface area contributed by atoms with Crippen molar-refractivity contribution in [3.8, 4) is 5.75 Å². The van der Waals surface area contributed by atoms with Gasteiger partial charge in [-0.25, -0.2) is 0 Å². The van der Waals surface area contributed by atoms with Crippen molar-refractivity contribution < 1.29 is 19.7 Å². The molecule has 0 saturated carbocycles. The van der Waals surface area contributed by atoms with Crippen molar-refractivity contribution >= 4 is 23.3 Å². The fraction of sp³-hybridized carbons (Fsp3) is 0.562. The van der Waals surface area contributed by atoms with Crippen LogP contribution in [0.15, 0.2) is 6.07 Å². The molecule has 0 radical (unpaired) electrons. The SMILES string of the molecule is CC(c1cc(Cl)c(N)c2c1C(C(=O)O)COO2)C1CCNCC1. The van der Waals surface area contributed by atoms with E-state index in [9.17, 15) is 9.90 Å². The molecule has 2 atom stereocenters. The summed E-state index contributed by atoms with van der Waals surface area (Å²) in [4.78, 5) is 21.8. The van der Waals surface area contributed by atoms with Crippen LogP contribution in [0.4, 0.5) is 5.69 Å². The van der Waals surface area contributed by atoms with Gasteiger partial charge in [0, 0.05) is 5.56 Å². The summed E-state index contributed by atoms with van der Waals surface area (Å²) < 4.78 is 0. The normalized spacial score (nSPS) is 23.0. The Balaban J connectivity index is 2.08. The average Bonchev–Trinajstić information content (AvgIpc) is 2.57. The van der Waals surface area contributed by atoms with Crippen molar-refractivity contribution in [1.82, 2.24) is 5.32 Å². The molecule has 3 rings (SSSR count). The smallest absolute Gasteiger partial charge is 0.313 e. The van der Waals surface area contributed by atoms with Gasteiger partial charge in [-0.3, -0.25) is 4.79 Å². The van der Waals surface area contributed by atoms with Crippen molar-refractivity contribution in [3.63, 3.8) is 0 Å². The third-order valence-electron chi connectivity index (χ3n) is 4.94. The predicted molar refractivity (Wildman–Crippen MR) is 86.8 cm³/mol. The number of anilines is 1. The summed E-state index contributed by atoms with van der Waals surface area (Å²) in [5.74, 6) is -0.843. The van der Waals surface area contributed by atoms with Gasteiger partial charge in [0.1, 0.15) is 12.5 Å². The molecule has 6 nitrogen and oxygen atoms in total. The molecule has 2 aliphatic rings. The first-order chi connectivity index (χ1) is 11.0. The summed E-state index contributed by atoms with van der Waals surface area (Å²) in [6.07, 6.45) is 2.10. The molecule has 0 aromatic heterocycles. The summed E-state index contributed by atoms with van der Waals surface area (Å²) in [6.45, 7) is 4.03. The number of carboxylic acid groups (broad SMARTS) is 1. The standard InChI is InChI=1S/C16H21ClN2O4/c1-8(9-2-4-19-5-3-9)10-6-12(17)14(18)15-13(10)11(16(20)21)7-22-23-15/h6,8-9,11,19H,2-5,7,18H2,1H3,(H,20,21). The number of aliphatic carboxylic acids is 1. The van der Waals surface area contributed by atoms with E-state index in [4.69, 9.17) is 27.1 Å². The number of rotatable bonds is 3. The summed E-state index contributed by atoms with van der Waals surface area (Å²) in [5, 5.41) is 13.3. The Morgan fingerprint density at radius 3 is 2.83 bits per heavy atom. The highest BCUT2D eigenvalue weighted by molar-refractivity contribution is 6.33. The molecule has 2 unspecified atom stereocenters. The number of hydrogen-bond acceptors (Lipinski definition) is 5. The molecule has 0 spiro atoms. The zero-order valence-electron chi connectivity index (χ0n) is 13.0. The second-order valence-corrected chi connectivity index (χ2v) is 6.65. The summed E-state index contributed by atoms with van der Waals surface area (Å²) >= 11 is 6.24. The second-order valence-electron chi connectivity index (χ2n) is 6.24. The minimum Gasteiger partial charge on any atom is -0.481 e. The first kappa shape index (κ1) is 16.4. The number of carbonyl (C=O) groups is 1. The maximum Gasteiger partial charge on any atom is 0.313 e. The van der Waals surface area contributed by atoms with Crippen LogP contribution >= 0.6 is 11.6 Å². The number of halogens is 1. The van der Waals surface area contributed by atoms with Crippen LogP contribution in [-0.4, -0.2) is 30.8 Å². The number of nitrogen functional groups attached to an aromatic ring is 1. The summed E-state index contributed by atoms with van der Waals surface area (Å²) in [6, 6.07) is 1.80. The van der Waals surface area contributed by atoms with Gasteiger partial charge in [-0.05, 0) is 49.4 Å². The molecule has 1 fully saturated rings. The van der Waals surface area contributed by atoms with Crippen LogP contribution in [0.3, 0.4) is 0 Å². The largest absolute Gasteiger partial charge is 0.481 e. The minimum absolute atomic E-state index is 0.0324. The third kappa shape index (κ3) is 2.98. The molecule has 1 aromatic carbocycles. The van der Waals surface area contributed by atoms with Crippen LogP contribution in [0.1, 0.15) is 42.7 Å². The lowest BCUT2D eigenvalue weighted by Gasteiger charge is -2.33. The van der Waals surface area contributed by atoms with Crippen LogP contribution in [0.25, 0.3) is 0 Å². The monoisotopic (exact) mass is 340 g/mol. The molecule has 0 bridgehead atoms. The van der Waals surface area contributed by atoms with E-state index in [-0.39, 0.29) is 24.0 Å². The molecule has 2 heterocycles. The van der Waals surface area contributed by atoms with Gasteiger partial charge in [0.15, 0.2) is 5.75 Å². The van der Waals surface area contributed by atoms with Crippen molar-refractivity contribution in [1.29, 1.82) is 0 Å². The number of nitrogens with two attached hydrogens (primary N) is 1. The molecule has 1 saturated heterocycles. The van der Waals surface area contributed by atoms with Crippen LogP contribution in [0.5, 0.6) is 5.75 Å². The van der Waals surface area contributed by atoms with Gasteiger partial charge in [-0.1, -0.05) is 18.5 Å². The van der Waals surface area contributed by atoms with Crippen molar-refractivity contribution in [2.45, 2.75) is 31.6 Å². The van der Waals surface area contributed by atoms with Crippen molar-refractivity contribution in [2.24, 2.45) is 5.92 Å². The average molecular weight is 341 g/mol. The van der Waals surface area contributed by atoms with Crippen LogP contribution < -0.4 is 15.9 Å². The molecular formula is C16H21ClN2O4. The number of piperidine rings is 1. The van der Waals surface area contributed by atoms with Crippen molar-refractivity contribution in [3.05, 3.63) is 22.2 Å². The van der Waals surface area contributed by atoms with E-state index in [0.29, 0.717) is 16.5 Å². The first-order valence-electron chi connectivity index (χ1n) is 7.85. The number of benzene rings is 1. The topological polar surface area (TPSA) is 93.8 Å². The van der Waals surface area contributed by atoms with Gasteiger partial charge in [0.05, 0.1) is 10.7 Å². The van der Waals surface area contributed by atoms with Gasteiger partial charge < -0.3 is 21.0 Å².